The Morgan fingerprint density at radius 3 is 2.60 bits per heavy atom. The number of hydrogen-bond acceptors (Lipinski definition) is 5. The average molecular weight is 421 g/mol. The Kier molecular flexibility index (Phi) is 10.7. The Morgan fingerprint density at radius 1 is 1.23 bits per heavy atom. The molecule has 30 heavy (non-hydrogen) atoms. The van der Waals surface area contributed by atoms with Crippen LogP contribution in [-0.4, -0.2) is 60.7 Å². The molecule has 0 unspecified atom stereocenters. The monoisotopic (exact) mass is 420 g/mol. The van der Waals surface area contributed by atoms with Gasteiger partial charge in [-0.2, -0.15) is 0 Å². The third-order valence-corrected chi connectivity index (χ3v) is 5.59. The van der Waals surface area contributed by atoms with Gasteiger partial charge in [-0.1, -0.05) is 25.9 Å². The number of amides is 1. The Bertz CT molecular complexity index is 648. The summed E-state index contributed by atoms with van der Waals surface area (Å²) in [6.07, 6.45) is 5.08. The van der Waals surface area contributed by atoms with Crippen molar-refractivity contribution in [2.45, 2.75) is 78.3 Å². The van der Waals surface area contributed by atoms with E-state index < -0.39 is 0 Å². The molecule has 0 bridgehead atoms. The van der Waals surface area contributed by atoms with Crippen LogP contribution in [0.25, 0.3) is 0 Å². The van der Waals surface area contributed by atoms with E-state index in [0.717, 1.165) is 75.7 Å². The van der Waals surface area contributed by atoms with Crippen LogP contribution >= 0.6 is 0 Å². The van der Waals surface area contributed by atoms with Crippen LogP contribution in [0.15, 0.2) is 15.6 Å². The first-order valence-electron chi connectivity index (χ1n) is 11.6. The predicted molar refractivity (Wildman–Crippen MR) is 121 cm³/mol. The molecule has 0 spiro atoms. The van der Waals surface area contributed by atoms with Crippen LogP contribution in [0, 0.1) is 0 Å². The molecule has 1 aromatic heterocycles. The highest BCUT2D eigenvalue weighted by Crippen LogP contribution is 2.22. The number of piperidine rings is 1. The zero-order valence-corrected chi connectivity index (χ0v) is 19.2. The fraction of sp³-hybridized carbons (Fsp3) is 0.773. The van der Waals surface area contributed by atoms with Crippen molar-refractivity contribution in [2.75, 3.05) is 32.7 Å². The van der Waals surface area contributed by atoms with Gasteiger partial charge in [-0.15, -0.1) is 0 Å². The van der Waals surface area contributed by atoms with E-state index >= 15 is 0 Å². The minimum Gasteiger partial charge on any atom is -0.359 e. The Hall–Kier alpha value is -2.09. The van der Waals surface area contributed by atoms with E-state index in [1.165, 1.54) is 0 Å². The van der Waals surface area contributed by atoms with Crippen molar-refractivity contribution in [1.82, 2.24) is 26.0 Å². The Morgan fingerprint density at radius 2 is 1.97 bits per heavy atom. The molecule has 1 aliphatic rings. The van der Waals surface area contributed by atoms with Crippen molar-refractivity contribution in [2.24, 2.45) is 4.99 Å². The van der Waals surface area contributed by atoms with Gasteiger partial charge in [0.25, 0.3) is 0 Å². The largest absolute Gasteiger partial charge is 0.359 e. The first-order valence-corrected chi connectivity index (χ1v) is 11.6. The van der Waals surface area contributed by atoms with Gasteiger partial charge >= 0.3 is 0 Å². The number of carbonyl (C=O) groups excluding carboxylic acids is 1. The number of likely N-dealkylation sites (tertiary alicyclic amines) is 1. The molecule has 8 nitrogen and oxygen atoms in total. The van der Waals surface area contributed by atoms with Crippen molar-refractivity contribution in [3.63, 3.8) is 0 Å². The summed E-state index contributed by atoms with van der Waals surface area (Å²) in [5.41, 5.74) is 1.03. The Labute approximate surface area is 181 Å². The molecule has 0 saturated carbocycles. The first-order chi connectivity index (χ1) is 14.6. The molecule has 0 aromatic carbocycles. The summed E-state index contributed by atoms with van der Waals surface area (Å²) in [5.74, 6) is 2.17. The summed E-state index contributed by atoms with van der Waals surface area (Å²) >= 11 is 0. The predicted octanol–water partition coefficient (Wildman–Crippen LogP) is 2.62. The number of aliphatic imine (C=N–C) groups is 1. The zero-order chi connectivity index (χ0) is 21.8. The summed E-state index contributed by atoms with van der Waals surface area (Å²) in [5, 5.41) is 14.0. The summed E-state index contributed by atoms with van der Waals surface area (Å²) < 4.78 is 5.49. The maximum absolute atomic E-state index is 11.9. The van der Waals surface area contributed by atoms with Crippen LogP contribution in [-0.2, 0) is 11.3 Å². The number of aromatic nitrogens is 1. The highest BCUT2D eigenvalue weighted by atomic mass is 16.5. The third-order valence-electron chi connectivity index (χ3n) is 5.59. The minimum absolute atomic E-state index is 0.123. The topological polar surface area (TPSA) is 94.8 Å². The van der Waals surface area contributed by atoms with Crippen LogP contribution in [0.4, 0.5) is 0 Å². The summed E-state index contributed by atoms with van der Waals surface area (Å²) in [6.45, 7) is 12.8. The lowest BCUT2D eigenvalue weighted by Gasteiger charge is -2.32. The van der Waals surface area contributed by atoms with E-state index in [2.05, 4.69) is 58.7 Å². The standard InChI is InChI=1S/C22H40N6O2/c1-5-11-24-21(29)16-28-12-9-18(10-13-28)26-22(23-8-4)25-15-19-14-20(27-30-19)17(6-2)7-3/h14,17-18H,5-13,15-16H2,1-4H3,(H,24,29)(H2,23,25,26). The second kappa shape index (κ2) is 13.3. The van der Waals surface area contributed by atoms with Crippen LogP contribution in [0.1, 0.15) is 77.2 Å². The van der Waals surface area contributed by atoms with Gasteiger partial charge in [0.15, 0.2) is 11.7 Å². The zero-order valence-electron chi connectivity index (χ0n) is 19.2. The lowest BCUT2D eigenvalue weighted by atomic mass is 9.99. The Balaban J connectivity index is 1.82. The molecule has 0 aliphatic carbocycles. The van der Waals surface area contributed by atoms with Crippen LogP contribution < -0.4 is 16.0 Å². The second-order valence-electron chi connectivity index (χ2n) is 7.97. The van der Waals surface area contributed by atoms with Gasteiger partial charge < -0.3 is 20.5 Å². The minimum atomic E-state index is 0.123. The highest BCUT2D eigenvalue weighted by Gasteiger charge is 2.21. The molecule has 0 radical (unpaired) electrons. The van der Waals surface area contributed by atoms with Gasteiger partial charge in [-0.3, -0.25) is 9.69 Å². The van der Waals surface area contributed by atoms with Crippen molar-refractivity contribution in [3.05, 3.63) is 17.5 Å². The quantitative estimate of drug-likeness (QED) is 0.376. The van der Waals surface area contributed by atoms with E-state index in [-0.39, 0.29) is 5.91 Å². The number of hydrogen-bond donors (Lipinski definition) is 3. The molecule has 170 valence electrons. The van der Waals surface area contributed by atoms with Gasteiger partial charge in [-0.25, -0.2) is 4.99 Å². The molecular weight excluding hydrogens is 380 g/mol. The van der Waals surface area contributed by atoms with Gasteiger partial charge in [0.2, 0.25) is 5.91 Å². The molecule has 2 heterocycles. The van der Waals surface area contributed by atoms with E-state index in [9.17, 15) is 4.79 Å². The van der Waals surface area contributed by atoms with Crippen molar-refractivity contribution >= 4 is 11.9 Å². The fourth-order valence-electron chi connectivity index (χ4n) is 3.73. The van der Waals surface area contributed by atoms with E-state index in [4.69, 9.17) is 4.52 Å². The van der Waals surface area contributed by atoms with E-state index in [1.54, 1.807) is 0 Å². The van der Waals surface area contributed by atoms with Gasteiger partial charge in [0.05, 0.1) is 12.2 Å². The number of rotatable bonds is 11. The number of nitrogens with zero attached hydrogens (tertiary/aromatic N) is 3. The normalized spacial score (nSPS) is 16.1. The third kappa shape index (κ3) is 7.97. The smallest absolute Gasteiger partial charge is 0.234 e. The SMILES string of the molecule is CCCNC(=O)CN1CCC(NC(=NCc2cc(C(CC)CC)no2)NCC)CC1. The van der Waals surface area contributed by atoms with Crippen LogP contribution in [0.5, 0.6) is 0 Å². The molecular formula is C22H40N6O2. The molecule has 8 heteroatoms. The number of nitrogens with one attached hydrogen (secondary N) is 3. The summed E-state index contributed by atoms with van der Waals surface area (Å²) in [4.78, 5) is 18.8. The first kappa shape index (κ1) is 24.2. The maximum Gasteiger partial charge on any atom is 0.234 e. The van der Waals surface area contributed by atoms with Crippen molar-refractivity contribution in [3.8, 4) is 0 Å². The molecule has 1 fully saturated rings. The molecule has 1 amide bonds. The number of guanidine groups is 1. The highest BCUT2D eigenvalue weighted by molar-refractivity contribution is 5.80. The summed E-state index contributed by atoms with van der Waals surface area (Å²) in [7, 11) is 0. The fourth-order valence-corrected chi connectivity index (χ4v) is 3.73. The van der Waals surface area contributed by atoms with Gasteiger partial charge in [0, 0.05) is 44.2 Å². The second-order valence-corrected chi connectivity index (χ2v) is 7.97. The van der Waals surface area contributed by atoms with Crippen LogP contribution in [0.2, 0.25) is 0 Å². The molecule has 3 N–H and O–H groups in total. The lowest BCUT2D eigenvalue weighted by Crippen LogP contribution is -2.50. The van der Waals surface area contributed by atoms with Crippen molar-refractivity contribution in [1.29, 1.82) is 0 Å². The van der Waals surface area contributed by atoms with Gasteiger partial charge in [-0.05, 0) is 39.0 Å². The number of carbonyl (C=O) groups is 1. The molecule has 2 rings (SSSR count). The molecule has 1 aliphatic heterocycles. The van der Waals surface area contributed by atoms with E-state index in [1.807, 2.05) is 6.07 Å². The average Bonchev–Trinajstić information content (AvgIpc) is 3.22. The lowest BCUT2D eigenvalue weighted by molar-refractivity contribution is -0.122. The summed E-state index contributed by atoms with van der Waals surface area (Å²) in [6, 6.07) is 2.39. The molecule has 1 aromatic rings. The molecule has 1 saturated heterocycles. The molecule has 0 atom stereocenters. The van der Waals surface area contributed by atoms with Crippen molar-refractivity contribution < 1.29 is 9.32 Å². The van der Waals surface area contributed by atoms with Crippen LogP contribution in [0.3, 0.4) is 0 Å². The van der Waals surface area contributed by atoms with Gasteiger partial charge in [0.1, 0.15) is 6.54 Å². The maximum atomic E-state index is 11.9. The van der Waals surface area contributed by atoms with E-state index in [0.29, 0.717) is 25.0 Å².